The van der Waals surface area contributed by atoms with Crippen molar-refractivity contribution in [2.75, 3.05) is 11.4 Å². The van der Waals surface area contributed by atoms with Crippen molar-refractivity contribution < 1.29 is 18.8 Å². The standard InChI is InChI=1S/C27H33N3O4S/c1-6-27(4,5)29-26(33)24(21-9-7-15-34-21)30(20-13-11-19(12-14-20)18(2)3)23(31)17-28-25(32)22-10-8-16-35-22/h7-16,18,24H,6,17H2,1-5H3,(H,28,32)(H,29,33). The Morgan fingerprint density at radius 2 is 1.77 bits per heavy atom. The van der Waals surface area contributed by atoms with Gasteiger partial charge in [0.15, 0.2) is 6.04 Å². The van der Waals surface area contributed by atoms with E-state index in [0.29, 0.717) is 28.7 Å². The third-order valence-electron chi connectivity index (χ3n) is 5.92. The molecule has 7 nitrogen and oxygen atoms in total. The average molecular weight is 496 g/mol. The number of nitrogens with one attached hydrogen (secondary N) is 2. The first kappa shape index (κ1) is 26.2. The first-order valence-electron chi connectivity index (χ1n) is 11.7. The Morgan fingerprint density at radius 3 is 2.31 bits per heavy atom. The number of hydrogen-bond donors (Lipinski definition) is 2. The van der Waals surface area contributed by atoms with Crippen LogP contribution in [0, 0.1) is 0 Å². The number of carbonyl (C=O) groups excluding carboxylic acids is 3. The highest BCUT2D eigenvalue weighted by molar-refractivity contribution is 7.12. The topological polar surface area (TPSA) is 91.7 Å². The summed E-state index contributed by atoms with van der Waals surface area (Å²) < 4.78 is 5.62. The summed E-state index contributed by atoms with van der Waals surface area (Å²) >= 11 is 1.29. The van der Waals surface area contributed by atoms with Crippen molar-refractivity contribution in [3.8, 4) is 0 Å². The number of thiophene rings is 1. The van der Waals surface area contributed by atoms with Crippen molar-refractivity contribution in [1.29, 1.82) is 0 Å². The summed E-state index contributed by atoms with van der Waals surface area (Å²) in [6, 6.07) is 13.3. The maximum absolute atomic E-state index is 13.6. The Morgan fingerprint density at radius 1 is 1.06 bits per heavy atom. The highest BCUT2D eigenvalue weighted by Gasteiger charge is 2.36. The van der Waals surface area contributed by atoms with Gasteiger partial charge in [-0.3, -0.25) is 19.3 Å². The lowest BCUT2D eigenvalue weighted by molar-refractivity contribution is -0.128. The highest BCUT2D eigenvalue weighted by Crippen LogP contribution is 2.30. The molecule has 8 heteroatoms. The van der Waals surface area contributed by atoms with Gasteiger partial charge in [0.25, 0.3) is 11.8 Å². The van der Waals surface area contributed by atoms with Gasteiger partial charge < -0.3 is 15.1 Å². The third kappa shape index (κ3) is 6.60. The number of furan rings is 1. The molecule has 3 amide bonds. The van der Waals surface area contributed by atoms with E-state index in [1.54, 1.807) is 29.6 Å². The second kappa shape index (κ2) is 11.4. The first-order chi connectivity index (χ1) is 16.6. The molecule has 0 fully saturated rings. The van der Waals surface area contributed by atoms with Gasteiger partial charge in [0.05, 0.1) is 17.7 Å². The Bertz CT molecular complexity index is 1120. The highest BCUT2D eigenvalue weighted by atomic mass is 32.1. The molecule has 0 aliphatic carbocycles. The predicted octanol–water partition coefficient (Wildman–Crippen LogP) is 5.27. The molecule has 0 bridgehead atoms. The van der Waals surface area contributed by atoms with Crippen LogP contribution < -0.4 is 15.5 Å². The minimum atomic E-state index is -1.05. The fourth-order valence-corrected chi connectivity index (χ4v) is 4.14. The SMILES string of the molecule is CCC(C)(C)NC(=O)C(c1ccco1)N(C(=O)CNC(=O)c1cccs1)c1ccc(C(C)C)cc1. The van der Waals surface area contributed by atoms with Crippen LogP contribution in [0.25, 0.3) is 0 Å². The lowest BCUT2D eigenvalue weighted by Gasteiger charge is -2.33. The first-order valence-corrected chi connectivity index (χ1v) is 12.6. The van der Waals surface area contributed by atoms with E-state index in [-0.39, 0.29) is 18.4 Å². The van der Waals surface area contributed by atoms with Crippen molar-refractivity contribution >= 4 is 34.7 Å². The molecule has 0 aliphatic heterocycles. The van der Waals surface area contributed by atoms with Gasteiger partial charge in [-0.1, -0.05) is 39.0 Å². The lowest BCUT2D eigenvalue weighted by atomic mass is 10.00. The molecule has 3 rings (SSSR count). The van der Waals surface area contributed by atoms with Crippen LogP contribution in [0.5, 0.6) is 0 Å². The summed E-state index contributed by atoms with van der Waals surface area (Å²) in [5.41, 5.74) is 1.17. The van der Waals surface area contributed by atoms with E-state index in [9.17, 15) is 14.4 Å². The van der Waals surface area contributed by atoms with Crippen LogP contribution in [-0.4, -0.2) is 29.8 Å². The fourth-order valence-electron chi connectivity index (χ4n) is 3.50. The summed E-state index contributed by atoms with van der Waals surface area (Å²) in [5.74, 6) is -0.488. The number of amides is 3. The monoisotopic (exact) mass is 495 g/mol. The van der Waals surface area contributed by atoms with Crippen LogP contribution in [0.4, 0.5) is 5.69 Å². The largest absolute Gasteiger partial charge is 0.467 e. The molecular weight excluding hydrogens is 462 g/mol. The maximum Gasteiger partial charge on any atom is 0.261 e. The lowest BCUT2D eigenvalue weighted by Crippen LogP contribution is -2.52. The third-order valence-corrected chi connectivity index (χ3v) is 6.79. The zero-order valence-electron chi connectivity index (χ0n) is 20.8. The van der Waals surface area contributed by atoms with E-state index in [4.69, 9.17) is 4.42 Å². The van der Waals surface area contributed by atoms with Crippen molar-refractivity contribution in [2.24, 2.45) is 0 Å². The van der Waals surface area contributed by atoms with Crippen LogP contribution >= 0.6 is 11.3 Å². The molecule has 1 aromatic carbocycles. The van der Waals surface area contributed by atoms with Crippen molar-refractivity contribution in [3.63, 3.8) is 0 Å². The molecule has 1 unspecified atom stereocenters. The van der Waals surface area contributed by atoms with Crippen LogP contribution in [0.15, 0.2) is 64.6 Å². The maximum atomic E-state index is 13.6. The quantitative estimate of drug-likeness (QED) is 0.401. The van der Waals surface area contributed by atoms with Gasteiger partial charge >= 0.3 is 0 Å². The molecular formula is C27H33N3O4S. The van der Waals surface area contributed by atoms with Crippen LogP contribution in [0.2, 0.25) is 0 Å². The molecule has 0 saturated carbocycles. The van der Waals surface area contributed by atoms with Gasteiger partial charge in [-0.05, 0) is 67.5 Å². The minimum absolute atomic E-state index is 0.273. The van der Waals surface area contributed by atoms with E-state index in [1.165, 1.54) is 22.5 Å². The fraction of sp³-hybridized carbons (Fsp3) is 0.370. The molecule has 35 heavy (non-hydrogen) atoms. The van der Waals surface area contributed by atoms with Crippen molar-refractivity contribution in [2.45, 2.75) is 58.5 Å². The average Bonchev–Trinajstić information content (AvgIpc) is 3.55. The summed E-state index contributed by atoms with van der Waals surface area (Å²) in [5, 5.41) is 7.52. The molecule has 0 aliphatic rings. The van der Waals surface area contributed by atoms with Gasteiger partial charge in [0.2, 0.25) is 5.91 Å². The van der Waals surface area contributed by atoms with Crippen LogP contribution in [-0.2, 0) is 9.59 Å². The smallest absolute Gasteiger partial charge is 0.261 e. The zero-order valence-corrected chi connectivity index (χ0v) is 21.6. The molecule has 1 atom stereocenters. The van der Waals surface area contributed by atoms with Gasteiger partial charge in [0.1, 0.15) is 5.76 Å². The Kier molecular flexibility index (Phi) is 8.51. The van der Waals surface area contributed by atoms with E-state index in [2.05, 4.69) is 24.5 Å². The van der Waals surface area contributed by atoms with Crippen molar-refractivity contribution in [1.82, 2.24) is 10.6 Å². The second-order valence-electron chi connectivity index (χ2n) is 9.31. The Balaban J connectivity index is 1.98. The molecule has 0 saturated heterocycles. The predicted molar refractivity (Wildman–Crippen MR) is 139 cm³/mol. The van der Waals surface area contributed by atoms with E-state index < -0.39 is 17.5 Å². The van der Waals surface area contributed by atoms with Gasteiger partial charge in [-0.2, -0.15) is 0 Å². The Labute approximate surface area is 210 Å². The number of carbonyl (C=O) groups is 3. The summed E-state index contributed by atoms with van der Waals surface area (Å²) in [7, 11) is 0. The minimum Gasteiger partial charge on any atom is -0.467 e. The van der Waals surface area contributed by atoms with E-state index >= 15 is 0 Å². The van der Waals surface area contributed by atoms with Crippen LogP contribution in [0.1, 0.15) is 74.0 Å². The van der Waals surface area contributed by atoms with Crippen LogP contribution in [0.3, 0.4) is 0 Å². The van der Waals surface area contributed by atoms with E-state index in [0.717, 1.165) is 5.56 Å². The summed E-state index contributed by atoms with van der Waals surface area (Å²) in [4.78, 5) is 41.6. The summed E-state index contributed by atoms with van der Waals surface area (Å²) in [6.45, 7) is 9.73. The molecule has 0 spiro atoms. The Hall–Kier alpha value is -3.39. The number of benzene rings is 1. The van der Waals surface area contributed by atoms with Gasteiger partial charge in [0, 0.05) is 11.2 Å². The number of rotatable bonds is 10. The van der Waals surface area contributed by atoms with E-state index in [1.807, 2.05) is 45.0 Å². The van der Waals surface area contributed by atoms with Crippen molar-refractivity contribution in [3.05, 3.63) is 76.4 Å². The number of hydrogen-bond acceptors (Lipinski definition) is 5. The molecule has 2 aromatic heterocycles. The number of nitrogens with zero attached hydrogens (tertiary/aromatic N) is 1. The molecule has 2 N–H and O–H groups in total. The molecule has 2 heterocycles. The second-order valence-corrected chi connectivity index (χ2v) is 10.3. The summed E-state index contributed by atoms with van der Waals surface area (Å²) in [6.07, 6.45) is 2.18. The molecule has 3 aromatic rings. The molecule has 186 valence electrons. The van der Waals surface area contributed by atoms with Gasteiger partial charge in [-0.25, -0.2) is 0 Å². The zero-order chi connectivity index (χ0) is 25.6. The normalized spacial score (nSPS) is 12.3. The molecule has 0 radical (unpaired) electrons. The number of anilines is 1. The van der Waals surface area contributed by atoms with Gasteiger partial charge in [-0.15, -0.1) is 11.3 Å².